The van der Waals surface area contributed by atoms with E-state index in [0.29, 0.717) is 0 Å². The molecule has 0 unspecified atom stereocenters. The molecule has 17 heavy (non-hydrogen) atoms. The third kappa shape index (κ3) is 1.84. The van der Waals surface area contributed by atoms with E-state index in [9.17, 15) is 0 Å². The van der Waals surface area contributed by atoms with Crippen LogP contribution in [-0.4, -0.2) is 22.7 Å². The zero-order valence-corrected chi connectivity index (χ0v) is 9.72. The van der Waals surface area contributed by atoms with E-state index in [1.54, 1.807) is 0 Å². The average molecular weight is 223 g/mol. The average Bonchev–Trinajstić information content (AvgIpc) is 2.39. The molecule has 3 nitrogen and oxygen atoms in total. The lowest BCUT2D eigenvalue weighted by Gasteiger charge is -2.11. The lowest BCUT2D eigenvalue weighted by atomic mass is 10.0. The van der Waals surface area contributed by atoms with E-state index in [1.165, 1.54) is 0 Å². The van der Waals surface area contributed by atoms with Gasteiger partial charge in [0.25, 0.3) is 0 Å². The normalized spacial score (nSPS) is 13.5. The number of rotatable bonds is 1. The Labute approximate surface area is 100 Å². The molecule has 3 heteroatoms. The van der Waals surface area contributed by atoms with Crippen LogP contribution >= 0.6 is 0 Å². The molecule has 0 saturated carbocycles. The molecule has 0 atom stereocenters. The molecule has 0 fully saturated rings. The largest absolute Gasteiger partial charge is 0.292 e. The molecule has 0 amide bonds. The summed E-state index contributed by atoms with van der Waals surface area (Å²) in [5, 5.41) is 0. The molecule has 0 aliphatic carbocycles. The van der Waals surface area contributed by atoms with Crippen LogP contribution in [0.25, 0.3) is 11.1 Å². The Morgan fingerprint density at radius 2 is 2.18 bits per heavy atom. The summed E-state index contributed by atoms with van der Waals surface area (Å²) in [6.45, 7) is 2.87. The van der Waals surface area contributed by atoms with E-state index >= 15 is 0 Å². The van der Waals surface area contributed by atoms with Crippen LogP contribution in [0.15, 0.2) is 35.6 Å². The first-order valence-corrected chi connectivity index (χ1v) is 5.75. The van der Waals surface area contributed by atoms with Gasteiger partial charge in [-0.15, -0.1) is 0 Å². The number of nitrogens with zero attached hydrogens (tertiary/aromatic N) is 3. The first-order valence-electron chi connectivity index (χ1n) is 5.75. The molecule has 0 bridgehead atoms. The molecule has 0 N–H and O–H groups in total. The number of aryl methyl sites for hydroxylation is 1. The van der Waals surface area contributed by atoms with Crippen molar-refractivity contribution in [3.05, 3.63) is 47.5 Å². The second kappa shape index (κ2) is 4.09. The molecular formula is C14H13N3. The third-order valence-electron chi connectivity index (χ3n) is 3.03. The van der Waals surface area contributed by atoms with Crippen molar-refractivity contribution in [1.29, 1.82) is 0 Å². The van der Waals surface area contributed by atoms with Gasteiger partial charge in [0.2, 0.25) is 0 Å². The molecule has 0 spiro atoms. The topological polar surface area (TPSA) is 38.1 Å². The summed E-state index contributed by atoms with van der Waals surface area (Å²) < 4.78 is 0. The van der Waals surface area contributed by atoms with E-state index < -0.39 is 0 Å². The summed E-state index contributed by atoms with van der Waals surface area (Å²) in [6.07, 6.45) is 6.60. The summed E-state index contributed by atoms with van der Waals surface area (Å²) >= 11 is 0. The fraction of sp³-hybridized carbons (Fsp3) is 0.214. The molecule has 1 aliphatic heterocycles. The Morgan fingerprint density at radius 3 is 3.06 bits per heavy atom. The second-order valence-electron chi connectivity index (χ2n) is 4.18. The summed E-state index contributed by atoms with van der Waals surface area (Å²) in [6, 6.07) is 6.18. The fourth-order valence-electron chi connectivity index (χ4n) is 2.10. The number of fused-ring (bicyclic) bond motifs is 1. The highest BCUT2D eigenvalue weighted by atomic mass is 14.8. The van der Waals surface area contributed by atoms with Gasteiger partial charge in [-0.1, -0.05) is 6.07 Å². The smallest absolute Gasteiger partial charge is 0.0510 e. The molecule has 2 aromatic rings. The molecule has 3 rings (SSSR count). The highest BCUT2D eigenvalue weighted by molar-refractivity contribution is 5.84. The van der Waals surface area contributed by atoms with Gasteiger partial charge in [-0.3, -0.25) is 15.0 Å². The van der Waals surface area contributed by atoms with Crippen LogP contribution in [0.4, 0.5) is 0 Å². The Bertz CT molecular complexity index is 588. The van der Waals surface area contributed by atoms with Gasteiger partial charge < -0.3 is 0 Å². The van der Waals surface area contributed by atoms with Gasteiger partial charge in [0, 0.05) is 54.0 Å². The van der Waals surface area contributed by atoms with E-state index in [2.05, 4.69) is 27.1 Å². The summed E-state index contributed by atoms with van der Waals surface area (Å²) in [4.78, 5) is 13.1. The van der Waals surface area contributed by atoms with E-state index in [0.717, 1.165) is 41.0 Å². The van der Waals surface area contributed by atoms with Gasteiger partial charge in [-0.2, -0.15) is 0 Å². The van der Waals surface area contributed by atoms with Crippen LogP contribution in [0.5, 0.6) is 0 Å². The Hall–Kier alpha value is -2.03. The third-order valence-corrected chi connectivity index (χ3v) is 3.03. The van der Waals surface area contributed by atoms with Crippen LogP contribution in [0, 0.1) is 6.92 Å². The molecule has 0 saturated heterocycles. The predicted molar refractivity (Wildman–Crippen MR) is 68.4 cm³/mol. The van der Waals surface area contributed by atoms with E-state index in [-0.39, 0.29) is 0 Å². The maximum Gasteiger partial charge on any atom is 0.0510 e. The molecule has 3 heterocycles. The van der Waals surface area contributed by atoms with Crippen LogP contribution in [0.3, 0.4) is 0 Å². The predicted octanol–water partition coefficient (Wildman–Crippen LogP) is 2.43. The van der Waals surface area contributed by atoms with Crippen molar-refractivity contribution in [2.24, 2.45) is 4.99 Å². The minimum Gasteiger partial charge on any atom is -0.292 e. The first-order chi connectivity index (χ1) is 8.34. The zero-order chi connectivity index (χ0) is 11.7. The van der Waals surface area contributed by atoms with Crippen LogP contribution < -0.4 is 0 Å². The van der Waals surface area contributed by atoms with Gasteiger partial charge in [0.1, 0.15) is 0 Å². The van der Waals surface area contributed by atoms with Gasteiger partial charge in [0.05, 0.1) is 5.69 Å². The standard InChI is InChI=1S/C14H13N3/c1-10-13(3-2-5-16-10)11-7-12-8-15-6-4-14(12)17-9-11/h2-3,5,7-9H,4,6H2,1H3. The zero-order valence-electron chi connectivity index (χ0n) is 9.72. The summed E-state index contributed by atoms with van der Waals surface area (Å²) in [7, 11) is 0. The van der Waals surface area contributed by atoms with E-state index in [4.69, 9.17) is 0 Å². The van der Waals surface area contributed by atoms with Crippen LogP contribution in [-0.2, 0) is 6.42 Å². The number of aliphatic imine (C=N–C) groups is 1. The number of aromatic nitrogens is 2. The van der Waals surface area contributed by atoms with E-state index in [1.807, 2.05) is 31.6 Å². The SMILES string of the molecule is Cc1ncccc1-c1cnc2c(c1)C=NCC2. The highest BCUT2D eigenvalue weighted by Gasteiger charge is 2.09. The molecular weight excluding hydrogens is 210 g/mol. The Morgan fingerprint density at radius 1 is 1.24 bits per heavy atom. The maximum absolute atomic E-state index is 4.52. The Kier molecular flexibility index (Phi) is 2.44. The minimum absolute atomic E-state index is 0.852. The van der Waals surface area contributed by atoms with Crippen LogP contribution in [0.1, 0.15) is 17.0 Å². The second-order valence-corrected chi connectivity index (χ2v) is 4.18. The van der Waals surface area contributed by atoms with Crippen molar-refractivity contribution in [2.45, 2.75) is 13.3 Å². The molecule has 0 aromatic carbocycles. The van der Waals surface area contributed by atoms with Crippen molar-refractivity contribution in [1.82, 2.24) is 9.97 Å². The van der Waals surface area contributed by atoms with Crippen molar-refractivity contribution in [3.63, 3.8) is 0 Å². The monoisotopic (exact) mass is 223 g/mol. The van der Waals surface area contributed by atoms with Gasteiger partial charge in [-0.05, 0) is 19.1 Å². The molecule has 84 valence electrons. The minimum atomic E-state index is 0.852. The maximum atomic E-state index is 4.52. The fourth-order valence-corrected chi connectivity index (χ4v) is 2.10. The Balaban J connectivity index is 2.12. The quantitative estimate of drug-likeness (QED) is 0.744. The summed E-state index contributed by atoms with van der Waals surface area (Å²) in [5.74, 6) is 0. The highest BCUT2D eigenvalue weighted by Crippen LogP contribution is 2.23. The number of pyridine rings is 2. The lowest BCUT2D eigenvalue weighted by molar-refractivity contribution is 0.906. The van der Waals surface area contributed by atoms with Crippen molar-refractivity contribution in [2.75, 3.05) is 6.54 Å². The molecule has 1 aliphatic rings. The lowest BCUT2D eigenvalue weighted by Crippen LogP contribution is -2.05. The van der Waals surface area contributed by atoms with Crippen molar-refractivity contribution >= 4 is 6.21 Å². The van der Waals surface area contributed by atoms with Gasteiger partial charge in [0.15, 0.2) is 0 Å². The number of hydrogen-bond acceptors (Lipinski definition) is 3. The van der Waals surface area contributed by atoms with Gasteiger partial charge in [-0.25, -0.2) is 0 Å². The van der Waals surface area contributed by atoms with Crippen molar-refractivity contribution < 1.29 is 0 Å². The number of hydrogen-bond donors (Lipinski definition) is 0. The molecule has 2 aromatic heterocycles. The molecule has 0 radical (unpaired) electrons. The summed E-state index contributed by atoms with van der Waals surface area (Å²) in [5.41, 5.74) is 5.56. The van der Waals surface area contributed by atoms with Gasteiger partial charge >= 0.3 is 0 Å². The van der Waals surface area contributed by atoms with Crippen molar-refractivity contribution in [3.8, 4) is 11.1 Å². The first kappa shape index (κ1) is 10.1. The van der Waals surface area contributed by atoms with Crippen LogP contribution in [0.2, 0.25) is 0 Å².